The third-order valence-electron chi connectivity index (χ3n) is 4.96. The van der Waals surface area contributed by atoms with E-state index in [0.29, 0.717) is 10.9 Å². The van der Waals surface area contributed by atoms with Crippen molar-refractivity contribution in [2.75, 3.05) is 11.9 Å². The van der Waals surface area contributed by atoms with E-state index >= 15 is 0 Å². The predicted molar refractivity (Wildman–Crippen MR) is 116 cm³/mol. The van der Waals surface area contributed by atoms with E-state index < -0.39 is 6.10 Å². The monoisotopic (exact) mass is 407 g/mol. The fraction of sp³-hybridized carbons (Fsp3) is 0.304. The maximum Gasteiger partial charge on any atom is 0.266 e. The number of benzene rings is 2. The summed E-state index contributed by atoms with van der Waals surface area (Å²) >= 11 is 1.56. The molecule has 0 spiro atoms. The zero-order valence-electron chi connectivity index (χ0n) is 16.7. The molecule has 1 atom stereocenters. The van der Waals surface area contributed by atoms with E-state index in [4.69, 9.17) is 4.74 Å². The minimum absolute atomic E-state index is 0.182. The molecule has 0 aliphatic carbocycles. The number of ether oxygens (including phenoxy) is 1. The van der Waals surface area contributed by atoms with E-state index in [0.717, 1.165) is 37.3 Å². The van der Waals surface area contributed by atoms with E-state index in [2.05, 4.69) is 39.5 Å². The second-order valence-electron chi connectivity index (χ2n) is 7.40. The smallest absolute Gasteiger partial charge is 0.266 e. The molecule has 0 radical (unpaired) electrons. The lowest BCUT2D eigenvalue weighted by atomic mass is 10.1. The van der Waals surface area contributed by atoms with Crippen molar-refractivity contribution in [3.63, 3.8) is 0 Å². The van der Waals surface area contributed by atoms with Crippen LogP contribution in [0.25, 0.3) is 0 Å². The van der Waals surface area contributed by atoms with Gasteiger partial charge in [-0.25, -0.2) is 4.98 Å². The molecule has 0 saturated carbocycles. The standard InChI is InChI=1S/C23H25N3O2S/c1-16-7-6-10-19(13-16)28-17(2)22(27)25-23-24-20-11-12-26(15-21(20)29-23)14-18-8-4-3-5-9-18/h3-10,13,17H,11-12,14-15H2,1-2H3,(H,24,25,27). The second-order valence-corrected chi connectivity index (χ2v) is 8.48. The third kappa shape index (κ3) is 5.02. The van der Waals surface area contributed by atoms with Gasteiger partial charge in [0.2, 0.25) is 0 Å². The molecule has 4 rings (SSSR count). The van der Waals surface area contributed by atoms with Gasteiger partial charge in [-0.15, -0.1) is 11.3 Å². The highest BCUT2D eigenvalue weighted by Crippen LogP contribution is 2.29. The summed E-state index contributed by atoms with van der Waals surface area (Å²) in [5, 5.41) is 3.58. The summed E-state index contributed by atoms with van der Waals surface area (Å²) in [6, 6.07) is 18.2. The number of carbonyl (C=O) groups excluding carboxylic acids is 1. The molecule has 29 heavy (non-hydrogen) atoms. The van der Waals surface area contributed by atoms with Crippen LogP contribution in [-0.2, 0) is 24.3 Å². The highest BCUT2D eigenvalue weighted by molar-refractivity contribution is 7.15. The molecule has 150 valence electrons. The van der Waals surface area contributed by atoms with Crippen LogP contribution in [0, 0.1) is 6.92 Å². The minimum atomic E-state index is -0.590. The zero-order chi connectivity index (χ0) is 20.2. The second kappa shape index (κ2) is 8.76. The first-order valence-electron chi connectivity index (χ1n) is 9.86. The molecule has 6 heteroatoms. The van der Waals surface area contributed by atoms with Gasteiger partial charge in [-0.3, -0.25) is 15.0 Å². The average Bonchev–Trinajstić information content (AvgIpc) is 3.10. The number of nitrogens with one attached hydrogen (secondary N) is 1. The number of thiazole rings is 1. The van der Waals surface area contributed by atoms with Gasteiger partial charge in [-0.2, -0.15) is 0 Å². The van der Waals surface area contributed by atoms with Crippen LogP contribution in [0.5, 0.6) is 5.75 Å². The van der Waals surface area contributed by atoms with Crippen molar-refractivity contribution in [1.82, 2.24) is 9.88 Å². The van der Waals surface area contributed by atoms with Gasteiger partial charge in [0.15, 0.2) is 11.2 Å². The van der Waals surface area contributed by atoms with Crippen LogP contribution in [0.1, 0.15) is 28.6 Å². The molecule has 0 saturated heterocycles. The number of carbonyl (C=O) groups is 1. The Hall–Kier alpha value is -2.70. The van der Waals surface area contributed by atoms with Gasteiger partial charge >= 0.3 is 0 Å². The van der Waals surface area contributed by atoms with Crippen molar-refractivity contribution in [2.45, 2.75) is 39.5 Å². The molecule has 1 aromatic heterocycles. The Labute approximate surface area is 175 Å². The lowest BCUT2D eigenvalue weighted by Crippen LogP contribution is -2.30. The van der Waals surface area contributed by atoms with Crippen LogP contribution in [0.4, 0.5) is 5.13 Å². The molecule has 2 aromatic carbocycles. The molecule has 2 heterocycles. The molecule has 5 nitrogen and oxygen atoms in total. The highest BCUT2D eigenvalue weighted by Gasteiger charge is 2.23. The van der Waals surface area contributed by atoms with Crippen LogP contribution < -0.4 is 10.1 Å². The number of hydrogen-bond acceptors (Lipinski definition) is 5. The molecule has 1 aliphatic heterocycles. The summed E-state index contributed by atoms with van der Waals surface area (Å²) < 4.78 is 5.77. The van der Waals surface area contributed by atoms with Gasteiger partial charge in [0.1, 0.15) is 5.75 Å². The summed E-state index contributed by atoms with van der Waals surface area (Å²) in [6.07, 6.45) is 0.316. The summed E-state index contributed by atoms with van der Waals surface area (Å²) in [4.78, 5) is 20.8. The Morgan fingerprint density at radius 1 is 1.24 bits per heavy atom. The van der Waals surface area contributed by atoms with Gasteiger partial charge in [-0.1, -0.05) is 42.5 Å². The van der Waals surface area contributed by atoms with Crippen LogP contribution >= 0.6 is 11.3 Å². The zero-order valence-corrected chi connectivity index (χ0v) is 17.5. The first-order valence-corrected chi connectivity index (χ1v) is 10.7. The van der Waals surface area contributed by atoms with E-state index in [1.54, 1.807) is 18.3 Å². The molecule has 3 aromatic rings. The van der Waals surface area contributed by atoms with Crippen LogP contribution in [0.15, 0.2) is 54.6 Å². The molecule has 1 aliphatic rings. The maximum absolute atomic E-state index is 12.5. The number of anilines is 1. The van der Waals surface area contributed by atoms with Gasteiger partial charge in [0, 0.05) is 30.9 Å². The maximum atomic E-state index is 12.5. The summed E-state index contributed by atoms with van der Waals surface area (Å²) in [5.74, 6) is 0.515. The summed E-state index contributed by atoms with van der Waals surface area (Å²) in [5.41, 5.74) is 3.51. The number of hydrogen-bond donors (Lipinski definition) is 1. The summed E-state index contributed by atoms with van der Waals surface area (Å²) in [6.45, 7) is 6.53. The number of amides is 1. The van der Waals surface area contributed by atoms with Crippen molar-refractivity contribution >= 4 is 22.4 Å². The van der Waals surface area contributed by atoms with Gasteiger partial charge in [0.05, 0.1) is 5.69 Å². The normalized spacial score (nSPS) is 14.8. The lowest BCUT2D eigenvalue weighted by molar-refractivity contribution is -0.122. The molecule has 0 fully saturated rings. The predicted octanol–water partition coefficient (Wildman–Crippen LogP) is 4.42. The Balaban J connectivity index is 1.35. The lowest BCUT2D eigenvalue weighted by Gasteiger charge is -2.25. The van der Waals surface area contributed by atoms with Crippen LogP contribution in [0.2, 0.25) is 0 Å². The van der Waals surface area contributed by atoms with Crippen LogP contribution in [-0.4, -0.2) is 28.4 Å². The first-order chi connectivity index (χ1) is 14.1. The van der Waals surface area contributed by atoms with Crippen molar-refractivity contribution in [3.05, 3.63) is 76.3 Å². The molecular formula is C23H25N3O2S. The van der Waals surface area contributed by atoms with Gasteiger partial charge in [0.25, 0.3) is 5.91 Å². The Morgan fingerprint density at radius 2 is 2.07 bits per heavy atom. The molecule has 1 unspecified atom stereocenters. The summed E-state index contributed by atoms with van der Waals surface area (Å²) in [7, 11) is 0. The Bertz CT molecular complexity index is 987. The number of aromatic nitrogens is 1. The molecule has 0 bridgehead atoms. The van der Waals surface area contributed by atoms with Gasteiger partial charge < -0.3 is 4.74 Å². The van der Waals surface area contributed by atoms with E-state index in [9.17, 15) is 4.79 Å². The van der Waals surface area contributed by atoms with Crippen molar-refractivity contribution in [3.8, 4) is 5.75 Å². The average molecular weight is 408 g/mol. The molecular weight excluding hydrogens is 382 g/mol. The van der Waals surface area contributed by atoms with E-state index in [1.807, 2.05) is 37.3 Å². The Morgan fingerprint density at radius 3 is 2.86 bits per heavy atom. The number of fused-ring (bicyclic) bond motifs is 1. The number of aryl methyl sites for hydroxylation is 1. The number of nitrogens with zero attached hydrogens (tertiary/aromatic N) is 2. The third-order valence-corrected chi connectivity index (χ3v) is 5.96. The Kier molecular flexibility index (Phi) is 5.92. The largest absolute Gasteiger partial charge is 0.481 e. The van der Waals surface area contributed by atoms with Crippen molar-refractivity contribution in [2.24, 2.45) is 0 Å². The SMILES string of the molecule is Cc1cccc(OC(C)C(=O)Nc2nc3c(s2)CN(Cc2ccccc2)CC3)c1. The highest BCUT2D eigenvalue weighted by atomic mass is 32.1. The topological polar surface area (TPSA) is 54.5 Å². The van der Waals surface area contributed by atoms with Crippen molar-refractivity contribution < 1.29 is 9.53 Å². The van der Waals surface area contributed by atoms with E-state index in [-0.39, 0.29) is 5.91 Å². The molecule has 1 N–H and O–H groups in total. The van der Waals surface area contributed by atoms with E-state index in [1.165, 1.54) is 10.4 Å². The fourth-order valence-corrected chi connectivity index (χ4v) is 4.49. The first kappa shape index (κ1) is 19.6. The van der Waals surface area contributed by atoms with Gasteiger partial charge in [-0.05, 0) is 37.1 Å². The quantitative estimate of drug-likeness (QED) is 0.657. The molecule has 1 amide bonds. The van der Waals surface area contributed by atoms with Crippen LogP contribution in [0.3, 0.4) is 0 Å². The minimum Gasteiger partial charge on any atom is -0.481 e. The van der Waals surface area contributed by atoms with Crippen molar-refractivity contribution in [1.29, 1.82) is 0 Å². The fourth-order valence-electron chi connectivity index (χ4n) is 3.43. The number of rotatable bonds is 6.